The van der Waals surface area contributed by atoms with Crippen molar-refractivity contribution in [3.63, 3.8) is 0 Å². The lowest BCUT2D eigenvalue weighted by Crippen LogP contribution is -2.49. The van der Waals surface area contributed by atoms with Gasteiger partial charge >= 0.3 is 14.1 Å². The van der Waals surface area contributed by atoms with E-state index < -0.39 is 20.1 Å². The summed E-state index contributed by atoms with van der Waals surface area (Å²) < 4.78 is 71.6. The second-order valence-electron chi connectivity index (χ2n) is 15.1. The molecule has 1 N–H and O–H groups in total. The van der Waals surface area contributed by atoms with Gasteiger partial charge in [0.05, 0.1) is 6.04 Å². The predicted molar refractivity (Wildman–Crippen MR) is 269 cm³/mol. The summed E-state index contributed by atoms with van der Waals surface area (Å²) in [6.45, 7) is -0.00434. The van der Waals surface area contributed by atoms with Crippen LogP contribution in [-0.2, 0) is 46.8 Å². The van der Waals surface area contributed by atoms with Gasteiger partial charge in [0.15, 0.2) is 11.3 Å². The number of halogens is 2. The number of aliphatic imine (C=N–C) groups is 1. The van der Waals surface area contributed by atoms with Gasteiger partial charge in [0.2, 0.25) is 0 Å². The zero-order valence-electron chi connectivity index (χ0n) is 36.4. The Kier molecular flexibility index (Phi) is 14.2. The van der Waals surface area contributed by atoms with Crippen LogP contribution in [0.25, 0.3) is 0 Å². The van der Waals surface area contributed by atoms with E-state index in [0.29, 0.717) is 38.6 Å². The number of aromatic nitrogens is 1. The number of nitrogens with one attached hydrogen (secondary N) is 1. The molecular weight excluding hydrogens is 919 g/mol. The molecule has 10 rings (SSSR count). The Morgan fingerprint density at radius 2 is 0.826 bits per heavy atom. The summed E-state index contributed by atoms with van der Waals surface area (Å²) in [5, 5.41) is 22.7. The summed E-state index contributed by atoms with van der Waals surface area (Å²) >= 11 is 6.70. The van der Waals surface area contributed by atoms with Crippen LogP contribution in [0.15, 0.2) is 237 Å². The van der Waals surface area contributed by atoms with E-state index >= 15 is 8.63 Å². The highest BCUT2D eigenvalue weighted by Gasteiger charge is 2.45. The van der Waals surface area contributed by atoms with Crippen LogP contribution in [0.4, 0.5) is 8.63 Å². The van der Waals surface area contributed by atoms with Gasteiger partial charge in [-0.1, -0.05) is 200 Å². The lowest BCUT2D eigenvalue weighted by molar-refractivity contribution is 0.00433. The summed E-state index contributed by atoms with van der Waals surface area (Å²) in [5.74, 6) is -0.313. The van der Waals surface area contributed by atoms with E-state index in [2.05, 4.69) is 36.2 Å². The molecule has 0 aliphatic carbocycles. The van der Waals surface area contributed by atoms with Crippen molar-refractivity contribution >= 4 is 76.7 Å². The van der Waals surface area contributed by atoms with Crippen molar-refractivity contribution < 1.29 is 37.2 Å². The van der Waals surface area contributed by atoms with Gasteiger partial charge < -0.3 is 37.2 Å². The minimum atomic E-state index is -4.78. The van der Waals surface area contributed by atoms with Gasteiger partial charge in [0.1, 0.15) is 22.8 Å². The van der Waals surface area contributed by atoms with E-state index in [1.54, 1.807) is 182 Å². The smallest absolute Gasteiger partial charge is 0.521 e. The van der Waals surface area contributed by atoms with Gasteiger partial charge in [-0.3, -0.25) is 15.5 Å². The van der Waals surface area contributed by atoms with Crippen molar-refractivity contribution in [1.29, 1.82) is 0 Å². The molecule has 0 spiro atoms. The van der Waals surface area contributed by atoms with E-state index in [1.165, 1.54) is 0 Å². The third-order valence-corrected chi connectivity index (χ3v) is 15.1. The monoisotopic (exact) mass is 958 g/mol. The van der Waals surface area contributed by atoms with Crippen molar-refractivity contribution in [2.45, 2.75) is 6.42 Å². The van der Waals surface area contributed by atoms with Crippen LogP contribution in [0.1, 0.15) is 27.9 Å². The van der Waals surface area contributed by atoms with Crippen LogP contribution < -0.4 is 16.1 Å². The first kappa shape index (κ1) is 46.0. The van der Waals surface area contributed by atoms with E-state index in [9.17, 15) is 0 Å². The molecule has 1 aromatic heterocycles. The first-order valence-electron chi connectivity index (χ1n) is 21.6. The van der Waals surface area contributed by atoms with Gasteiger partial charge in [-0.25, -0.2) is 0 Å². The molecule has 0 saturated carbocycles. The number of hydrogen-bond donors (Lipinski definition) is 1. The van der Waals surface area contributed by atoms with E-state index in [-0.39, 0.29) is 47.1 Å². The van der Waals surface area contributed by atoms with E-state index in [4.69, 9.17) is 45.3 Å². The highest BCUT2D eigenvalue weighted by atomic mass is 32.4. The van der Waals surface area contributed by atoms with Crippen molar-refractivity contribution in [2.24, 2.45) is 30.8 Å². The van der Waals surface area contributed by atoms with Gasteiger partial charge in [0.25, 0.3) is 0 Å². The van der Waals surface area contributed by atoms with E-state index in [0.717, 1.165) is 0 Å². The minimum Gasteiger partial charge on any atom is -0.521 e. The zero-order chi connectivity index (χ0) is 47.4. The van der Waals surface area contributed by atoms with Gasteiger partial charge in [-0.05, 0) is 22.7 Å². The van der Waals surface area contributed by atoms with Gasteiger partial charge in [0, 0.05) is 47.1 Å². The number of pyridine rings is 1. The average molecular weight is 959 g/mol. The fraction of sp³-hybridized carbons (Fsp3) is 0.0408. The minimum absolute atomic E-state index is 0.00434. The quantitative estimate of drug-likeness (QED) is 0.105. The second-order valence-corrected chi connectivity index (χ2v) is 19.4. The van der Waals surface area contributed by atoms with Crippen LogP contribution in [0.3, 0.4) is 0 Å². The number of oxime groups is 5. The van der Waals surface area contributed by atoms with Crippen LogP contribution >= 0.6 is 6.04 Å². The maximum Gasteiger partial charge on any atom is 0.812 e. The molecule has 2 atom stereocenters. The van der Waals surface area contributed by atoms with E-state index in [1.807, 2.05) is 24.3 Å². The zero-order valence-corrected chi connectivity index (χ0v) is 38.1. The SMILES string of the molecule is F[B-]12ON=C(c3ccccc3)/C(c3ccccc3)=N/O[B-](F)(O/N=C(c3ccccc3)/C(c3ccccc3)=N/O1)ONC(=NCCc1ccccn1)/C(P(=S)(c1ccccc1)c1ccccc1)=N/O2. The summed E-state index contributed by atoms with van der Waals surface area (Å²) in [6.07, 6.45) is 1.93. The normalized spacial score (nSPS) is 22.4. The maximum absolute atomic E-state index is 18.4. The summed E-state index contributed by atoms with van der Waals surface area (Å²) in [6, 6.07) is 53.6. The molecule has 0 radical (unpaired) electrons. The van der Waals surface area contributed by atoms with Crippen molar-refractivity contribution in [3.8, 4) is 0 Å². The number of nitrogens with zero attached hydrogens (tertiary/aromatic N) is 7. The molecule has 7 aromatic rings. The summed E-state index contributed by atoms with van der Waals surface area (Å²) in [4.78, 5) is 9.23. The molecule has 4 heterocycles. The number of hydroxylamine groups is 1. The average Bonchev–Trinajstić information content (AvgIpc) is 3.41. The van der Waals surface area contributed by atoms with Crippen molar-refractivity contribution in [1.82, 2.24) is 10.5 Å². The van der Waals surface area contributed by atoms with Crippen LogP contribution in [0.2, 0.25) is 0 Å². The third kappa shape index (κ3) is 10.9. The molecule has 6 aromatic carbocycles. The lowest BCUT2D eigenvalue weighted by atomic mass is 10.00. The molecule has 0 saturated heterocycles. The molecule has 344 valence electrons. The Hall–Kier alpha value is -8.11. The number of fused-ring (bicyclic) bond motifs is 10. The molecule has 2 bridgehead atoms. The summed E-state index contributed by atoms with van der Waals surface area (Å²) in [5.41, 5.74) is 3.70. The molecule has 69 heavy (non-hydrogen) atoms. The molecule has 0 fully saturated rings. The molecule has 20 heteroatoms. The first-order valence-corrected chi connectivity index (χ1v) is 24.4. The number of hydrogen-bond acceptors (Lipinski definition) is 14. The Morgan fingerprint density at radius 1 is 0.464 bits per heavy atom. The highest BCUT2D eigenvalue weighted by molar-refractivity contribution is 8.30. The molecule has 2 unspecified atom stereocenters. The standard InChI is InChI=1S/C49H39B2F2N8O6PS/c52-50-62-56-44(37-21-7-1-8-22-37)46(39-25-11-3-12-26-39)58-64-51(53,65-59-47(40-27-13-4-14-28-40)45(57-63-50)38-23-9-2-10-24-38)67-61-49(48(60-66-50)55-36-34-41-29-19-20-35-54-41)68(69,42-30-15-5-16-31-42)43-32-17-6-18-33-43/h1-33,35H,34,36H2,(H,55,60)/q-2/b56-44+,57-45+,58-46+,59-47?,61-49-. The highest BCUT2D eigenvalue weighted by Crippen LogP contribution is 2.46. The number of benzene rings is 6. The Morgan fingerprint density at radius 3 is 1.22 bits per heavy atom. The summed E-state index contributed by atoms with van der Waals surface area (Å²) in [7, 11) is -9.50. The van der Waals surface area contributed by atoms with Crippen LogP contribution in [0.5, 0.6) is 0 Å². The fourth-order valence-electron chi connectivity index (χ4n) is 7.03. The molecular formula is C49H39B2F2N8O6PS-2. The molecule has 3 aliphatic rings. The topological polar surface area (TPSA) is 154 Å². The third-order valence-electron chi connectivity index (χ3n) is 10.4. The van der Waals surface area contributed by atoms with Gasteiger partial charge in [-0.15, -0.1) is 25.8 Å². The second kappa shape index (κ2) is 21.2. The largest absolute Gasteiger partial charge is 0.812 e. The van der Waals surface area contributed by atoms with Crippen LogP contribution in [0, 0.1) is 0 Å². The number of rotatable bonds is 10. The molecule has 14 nitrogen and oxygen atoms in total. The Balaban J connectivity index is 1.33. The van der Waals surface area contributed by atoms with Gasteiger partial charge in [-0.2, -0.15) is 0 Å². The first-order chi connectivity index (χ1) is 33.8. The van der Waals surface area contributed by atoms with Crippen molar-refractivity contribution in [2.75, 3.05) is 6.54 Å². The predicted octanol–water partition coefficient (Wildman–Crippen LogP) is 8.53. The maximum atomic E-state index is 18.4. The molecule has 3 aliphatic heterocycles. The van der Waals surface area contributed by atoms with Crippen LogP contribution in [-0.4, -0.2) is 59.7 Å². The number of amidine groups is 1. The lowest BCUT2D eigenvalue weighted by Gasteiger charge is -2.34. The fourth-order valence-corrected chi connectivity index (χ4v) is 10.7. The molecule has 0 amide bonds. The Labute approximate surface area is 400 Å². The van der Waals surface area contributed by atoms with Crippen molar-refractivity contribution in [3.05, 3.63) is 234 Å². The Bertz CT molecular complexity index is 2940.